The van der Waals surface area contributed by atoms with E-state index >= 15 is 0 Å². The fraction of sp³-hybridized carbons (Fsp3) is 0.0870. The lowest BCUT2D eigenvalue weighted by atomic mass is 9.93. The first-order valence-corrected chi connectivity index (χ1v) is 9.30. The van der Waals surface area contributed by atoms with Crippen molar-refractivity contribution in [3.05, 3.63) is 84.4 Å². The lowest BCUT2D eigenvalue weighted by Crippen LogP contribution is -2.12. The van der Waals surface area contributed by atoms with E-state index in [4.69, 9.17) is 5.73 Å². The summed E-state index contributed by atoms with van der Waals surface area (Å²) in [6.07, 6.45) is 0. The standard InChI is InChI=1S/C21H15FN4O.C2H6/c22-18-11-4-3-10-17(18)16-9-2-1-8-15(16)13-6-5-7-14(12-13)20-24-21(19(23)27)26-25-20;1-2/h1-12H,(H2,23,27)(H,24,25,26);1-2H3. The fourth-order valence-corrected chi connectivity index (χ4v) is 2.98. The van der Waals surface area contributed by atoms with Crippen molar-refractivity contribution in [2.45, 2.75) is 13.8 Å². The number of benzene rings is 3. The zero-order valence-corrected chi connectivity index (χ0v) is 16.2. The number of carbonyl (C=O) groups is 1. The zero-order valence-electron chi connectivity index (χ0n) is 16.2. The summed E-state index contributed by atoms with van der Waals surface area (Å²) in [5.74, 6) is -0.577. The molecule has 0 fully saturated rings. The van der Waals surface area contributed by atoms with Gasteiger partial charge in [0.1, 0.15) is 5.82 Å². The Bertz CT molecular complexity index is 1140. The maximum absolute atomic E-state index is 14.3. The molecular weight excluding hydrogens is 367 g/mol. The number of hydrogen-bond acceptors (Lipinski definition) is 3. The molecule has 5 nitrogen and oxygen atoms in total. The number of nitrogens with zero attached hydrogens (tertiary/aromatic N) is 2. The maximum atomic E-state index is 14.3. The monoisotopic (exact) mass is 388 g/mol. The predicted molar refractivity (Wildman–Crippen MR) is 113 cm³/mol. The van der Waals surface area contributed by atoms with Crippen LogP contribution in [0.25, 0.3) is 33.6 Å². The number of carbonyl (C=O) groups excluding carboxylic acids is 1. The van der Waals surface area contributed by atoms with E-state index in [1.807, 2.05) is 68.4 Å². The van der Waals surface area contributed by atoms with Crippen LogP contribution in [0.2, 0.25) is 0 Å². The third-order valence-corrected chi connectivity index (χ3v) is 4.24. The number of primary amides is 1. The van der Waals surface area contributed by atoms with Crippen molar-refractivity contribution < 1.29 is 9.18 Å². The van der Waals surface area contributed by atoms with Crippen molar-refractivity contribution in [1.29, 1.82) is 0 Å². The molecule has 4 rings (SSSR count). The van der Waals surface area contributed by atoms with E-state index in [-0.39, 0.29) is 11.6 Å². The van der Waals surface area contributed by atoms with Crippen LogP contribution in [0.4, 0.5) is 4.39 Å². The van der Waals surface area contributed by atoms with Crippen LogP contribution in [0.15, 0.2) is 72.8 Å². The van der Waals surface area contributed by atoms with Gasteiger partial charge < -0.3 is 5.73 Å². The molecule has 0 atom stereocenters. The number of hydrogen-bond donors (Lipinski definition) is 2. The number of aromatic amines is 1. The van der Waals surface area contributed by atoms with Crippen molar-refractivity contribution in [2.75, 3.05) is 0 Å². The van der Waals surface area contributed by atoms with Crippen LogP contribution in [-0.4, -0.2) is 21.1 Å². The summed E-state index contributed by atoms with van der Waals surface area (Å²) in [4.78, 5) is 15.3. The van der Waals surface area contributed by atoms with E-state index in [1.165, 1.54) is 6.07 Å². The largest absolute Gasteiger partial charge is 0.363 e. The Kier molecular flexibility index (Phi) is 6.14. The summed E-state index contributed by atoms with van der Waals surface area (Å²) in [5, 5.41) is 6.56. The van der Waals surface area contributed by atoms with Gasteiger partial charge in [0.25, 0.3) is 5.91 Å². The molecule has 6 heteroatoms. The number of nitrogens with two attached hydrogens (primary N) is 1. The number of halogens is 1. The highest BCUT2D eigenvalue weighted by Gasteiger charge is 2.13. The average molecular weight is 388 g/mol. The Balaban J connectivity index is 0.00000117. The molecule has 4 aromatic rings. The quantitative estimate of drug-likeness (QED) is 0.512. The van der Waals surface area contributed by atoms with Crippen molar-refractivity contribution >= 4 is 5.91 Å². The van der Waals surface area contributed by atoms with E-state index in [1.54, 1.807) is 12.1 Å². The highest BCUT2D eigenvalue weighted by Crippen LogP contribution is 2.34. The van der Waals surface area contributed by atoms with Gasteiger partial charge in [-0.05, 0) is 28.8 Å². The van der Waals surface area contributed by atoms with E-state index < -0.39 is 5.91 Å². The number of aromatic nitrogens is 3. The normalized spacial score (nSPS) is 10.2. The first-order valence-electron chi connectivity index (χ1n) is 9.30. The van der Waals surface area contributed by atoms with E-state index in [2.05, 4.69) is 15.2 Å². The Hall–Kier alpha value is -3.80. The van der Waals surface area contributed by atoms with Gasteiger partial charge in [0.05, 0.1) is 0 Å². The zero-order chi connectivity index (χ0) is 20.8. The topological polar surface area (TPSA) is 84.7 Å². The average Bonchev–Trinajstić information content (AvgIpc) is 3.27. The Morgan fingerprint density at radius 3 is 2.14 bits per heavy atom. The Morgan fingerprint density at radius 1 is 0.862 bits per heavy atom. The molecule has 0 bridgehead atoms. The maximum Gasteiger partial charge on any atom is 0.286 e. The first kappa shape index (κ1) is 19.9. The second-order valence-corrected chi connectivity index (χ2v) is 5.98. The fourth-order valence-electron chi connectivity index (χ4n) is 2.98. The van der Waals surface area contributed by atoms with Gasteiger partial charge in [-0.25, -0.2) is 9.37 Å². The molecule has 1 heterocycles. The second-order valence-electron chi connectivity index (χ2n) is 5.98. The van der Waals surface area contributed by atoms with Gasteiger partial charge in [-0.2, -0.15) is 5.10 Å². The summed E-state index contributed by atoms with van der Waals surface area (Å²) in [6, 6.07) is 21.8. The molecule has 0 aliphatic carbocycles. The molecule has 29 heavy (non-hydrogen) atoms. The first-order chi connectivity index (χ1) is 14.1. The number of amides is 1. The molecule has 0 aliphatic heterocycles. The van der Waals surface area contributed by atoms with Crippen molar-refractivity contribution in [1.82, 2.24) is 15.2 Å². The van der Waals surface area contributed by atoms with Crippen LogP contribution in [0.5, 0.6) is 0 Å². The van der Waals surface area contributed by atoms with Gasteiger partial charge in [0, 0.05) is 11.1 Å². The number of nitrogens with one attached hydrogen (secondary N) is 1. The summed E-state index contributed by atoms with van der Waals surface area (Å²) in [5.41, 5.74) is 9.04. The molecule has 0 unspecified atom stereocenters. The minimum Gasteiger partial charge on any atom is -0.363 e. The lowest BCUT2D eigenvalue weighted by Gasteiger charge is -2.11. The molecule has 0 aliphatic rings. The molecule has 0 spiro atoms. The third-order valence-electron chi connectivity index (χ3n) is 4.24. The Labute approximate surface area is 168 Å². The molecule has 0 radical (unpaired) electrons. The second kappa shape index (κ2) is 8.93. The molecular formula is C23H21FN4O. The molecule has 0 saturated heterocycles. The third kappa shape index (κ3) is 4.21. The van der Waals surface area contributed by atoms with Crippen LogP contribution >= 0.6 is 0 Å². The van der Waals surface area contributed by atoms with E-state index in [9.17, 15) is 9.18 Å². The highest BCUT2D eigenvalue weighted by atomic mass is 19.1. The Morgan fingerprint density at radius 2 is 1.48 bits per heavy atom. The number of H-pyrrole nitrogens is 1. The van der Waals surface area contributed by atoms with Gasteiger partial charge in [0.15, 0.2) is 5.82 Å². The van der Waals surface area contributed by atoms with Crippen LogP contribution in [0.3, 0.4) is 0 Å². The smallest absolute Gasteiger partial charge is 0.286 e. The van der Waals surface area contributed by atoms with Gasteiger partial charge in [-0.1, -0.05) is 74.5 Å². The summed E-state index contributed by atoms with van der Waals surface area (Å²) in [6.45, 7) is 4.00. The summed E-state index contributed by atoms with van der Waals surface area (Å²) >= 11 is 0. The van der Waals surface area contributed by atoms with Crippen LogP contribution in [0.1, 0.15) is 24.5 Å². The van der Waals surface area contributed by atoms with Crippen LogP contribution in [-0.2, 0) is 0 Å². The highest BCUT2D eigenvalue weighted by molar-refractivity contribution is 5.89. The van der Waals surface area contributed by atoms with Crippen molar-refractivity contribution in [3.8, 4) is 33.6 Å². The minimum atomic E-state index is -0.671. The summed E-state index contributed by atoms with van der Waals surface area (Å²) < 4.78 is 14.3. The lowest BCUT2D eigenvalue weighted by molar-refractivity contribution is 0.0991. The predicted octanol–water partition coefficient (Wildman–Crippen LogP) is 5.07. The molecule has 3 aromatic carbocycles. The van der Waals surface area contributed by atoms with Gasteiger partial charge in [-0.15, -0.1) is 0 Å². The van der Waals surface area contributed by atoms with E-state index in [0.29, 0.717) is 11.4 Å². The van der Waals surface area contributed by atoms with Gasteiger partial charge >= 0.3 is 0 Å². The van der Waals surface area contributed by atoms with Gasteiger partial charge in [-0.3, -0.25) is 9.89 Å². The minimum absolute atomic E-state index is 0.00200. The molecule has 3 N–H and O–H groups in total. The summed E-state index contributed by atoms with van der Waals surface area (Å²) in [7, 11) is 0. The molecule has 1 amide bonds. The van der Waals surface area contributed by atoms with Crippen LogP contribution in [0, 0.1) is 5.82 Å². The number of rotatable bonds is 4. The molecule has 1 aromatic heterocycles. The van der Waals surface area contributed by atoms with Crippen LogP contribution < -0.4 is 5.73 Å². The van der Waals surface area contributed by atoms with Crippen molar-refractivity contribution in [2.24, 2.45) is 5.73 Å². The van der Waals surface area contributed by atoms with Crippen molar-refractivity contribution in [3.63, 3.8) is 0 Å². The molecule has 146 valence electrons. The van der Waals surface area contributed by atoms with E-state index in [0.717, 1.165) is 22.3 Å². The molecule has 0 saturated carbocycles. The van der Waals surface area contributed by atoms with Gasteiger partial charge in [0.2, 0.25) is 5.82 Å². The SMILES string of the molecule is CC.NC(=O)c1nc(-c2cccc(-c3ccccc3-c3ccccc3F)c2)n[nH]1.